The van der Waals surface area contributed by atoms with Crippen molar-refractivity contribution in [3.8, 4) is 22.7 Å². The van der Waals surface area contributed by atoms with E-state index in [2.05, 4.69) is 38.9 Å². The Morgan fingerprint density at radius 2 is 1.68 bits per heavy atom. The number of aromatic nitrogens is 4. The summed E-state index contributed by atoms with van der Waals surface area (Å²) in [5.74, 6) is 0.556. The number of pyridine rings is 2. The molecule has 9 heteroatoms. The van der Waals surface area contributed by atoms with Crippen LogP contribution in [-0.2, 0) is 7.05 Å². The number of nitrogens with zero attached hydrogens (tertiary/aromatic N) is 6. The van der Waals surface area contributed by atoms with Crippen molar-refractivity contribution in [1.29, 1.82) is 0 Å². The number of ether oxygens (including phenoxy) is 1. The van der Waals surface area contributed by atoms with Crippen LogP contribution in [0.15, 0.2) is 65.7 Å². The van der Waals surface area contributed by atoms with E-state index in [4.69, 9.17) is 16.3 Å². The molecule has 1 aliphatic rings. The van der Waals surface area contributed by atoms with E-state index in [0.717, 1.165) is 64.9 Å². The molecule has 0 radical (unpaired) electrons. The van der Waals surface area contributed by atoms with E-state index in [1.54, 1.807) is 35.7 Å². The molecule has 4 heterocycles. The molecule has 0 saturated carbocycles. The number of imidazole rings is 1. The quantitative estimate of drug-likeness (QED) is 0.355. The Kier molecular flexibility index (Phi) is 5.85. The van der Waals surface area contributed by atoms with Crippen LogP contribution in [0.25, 0.3) is 38.8 Å². The number of rotatable bonds is 4. The lowest BCUT2D eigenvalue weighted by molar-refractivity contribution is 0.313. The second-order valence-corrected chi connectivity index (χ2v) is 9.82. The van der Waals surface area contributed by atoms with Crippen molar-refractivity contribution in [2.24, 2.45) is 7.05 Å². The molecule has 5 aromatic rings. The van der Waals surface area contributed by atoms with Crippen molar-refractivity contribution < 1.29 is 4.74 Å². The maximum atomic E-state index is 13.5. The third-order valence-corrected chi connectivity index (χ3v) is 7.51. The van der Waals surface area contributed by atoms with Gasteiger partial charge in [-0.05, 0) is 49.0 Å². The number of anilines is 1. The average Bonchev–Trinajstić information content (AvgIpc) is 3.18. The van der Waals surface area contributed by atoms with Crippen LogP contribution in [0.4, 0.5) is 5.69 Å². The fourth-order valence-electron chi connectivity index (χ4n) is 5.01. The molecule has 0 amide bonds. The van der Waals surface area contributed by atoms with E-state index in [0.29, 0.717) is 16.6 Å². The topological polar surface area (TPSA) is 68.4 Å². The van der Waals surface area contributed by atoms with Gasteiger partial charge in [-0.3, -0.25) is 14.1 Å². The zero-order chi connectivity index (χ0) is 25.7. The van der Waals surface area contributed by atoms with E-state index >= 15 is 0 Å². The zero-order valence-corrected chi connectivity index (χ0v) is 21.7. The summed E-state index contributed by atoms with van der Waals surface area (Å²) >= 11 is 6.86. The van der Waals surface area contributed by atoms with Crippen molar-refractivity contribution >= 4 is 39.2 Å². The number of fused-ring (bicyclic) bond motifs is 3. The monoisotopic (exact) mass is 514 g/mol. The molecule has 6 rings (SSSR count). The maximum Gasteiger partial charge on any atom is 0.333 e. The predicted molar refractivity (Wildman–Crippen MR) is 148 cm³/mol. The molecule has 0 aliphatic carbocycles. The molecular weight excluding hydrogens is 488 g/mol. The minimum absolute atomic E-state index is 0.171. The largest absolute Gasteiger partial charge is 0.481 e. The highest BCUT2D eigenvalue weighted by molar-refractivity contribution is 6.32. The number of halogens is 1. The van der Waals surface area contributed by atoms with Crippen LogP contribution in [0.2, 0.25) is 5.02 Å². The number of methoxy groups -OCH3 is 1. The summed E-state index contributed by atoms with van der Waals surface area (Å²) in [4.78, 5) is 27.2. The summed E-state index contributed by atoms with van der Waals surface area (Å²) in [5.41, 5.74) is 5.76. The maximum absolute atomic E-state index is 13.5. The smallest absolute Gasteiger partial charge is 0.333 e. The number of benzene rings is 2. The van der Waals surface area contributed by atoms with Crippen LogP contribution in [0, 0.1) is 0 Å². The van der Waals surface area contributed by atoms with Crippen LogP contribution in [0.3, 0.4) is 0 Å². The Hall–Kier alpha value is -3.88. The SMILES string of the molecule is COc1ccc(-c2ccc3ncc4c(c3c2)n(-c2ccc(N3CCN(C)CC3)cc2Cl)c(=O)n4C)cn1. The minimum Gasteiger partial charge on any atom is -0.481 e. The first-order chi connectivity index (χ1) is 17.9. The number of piperazine rings is 1. The Balaban J connectivity index is 1.52. The molecule has 1 saturated heterocycles. The van der Waals surface area contributed by atoms with Gasteiger partial charge in [0.05, 0.1) is 40.6 Å². The van der Waals surface area contributed by atoms with E-state index < -0.39 is 0 Å². The Morgan fingerprint density at radius 1 is 0.892 bits per heavy atom. The second-order valence-electron chi connectivity index (χ2n) is 9.42. The van der Waals surface area contributed by atoms with Crippen LogP contribution >= 0.6 is 11.6 Å². The lowest BCUT2D eigenvalue weighted by Gasteiger charge is -2.34. The van der Waals surface area contributed by atoms with Gasteiger partial charge in [0, 0.05) is 62.1 Å². The van der Waals surface area contributed by atoms with E-state index in [9.17, 15) is 4.79 Å². The second kappa shape index (κ2) is 9.21. The molecule has 2 aromatic carbocycles. The van der Waals surface area contributed by atoms with Gasteiger partial charge >= 0.3 is 5.69 Å². The van der Waals surface area contributed by atoms with Crippen LogP contribution < -0.4 is 15.3 Å². The molecule has 0 spiro atoms. The van der Waals surface area contributed by atoms with E-state index in [1.165, 1.54) is 0 Å². The normalized spacial score (nSPS) is 14.5. The van der Waals surface area contributed by atoms with Gasteiger partial charge in [-0.25, -0.2) is 9.78 Å². The summed E-state index contributed by atoms with van der Waals surface area (Å²) < 4.78 is 8.52. The van der Waals surface area contributed by atoms with Crippen molar-refractivity contribution in [2.45, 2.75) is 0 Å². The molecule has 3 aromatic heterocycles. The Morgan fingerprint density at radius 3 is 2.38 bits per heavy atom. The summed E-state index contributed by atoms with van der Waals surface area (Å²) in [7, 11) is 5.49. The Labute approximate surface area is 219 Å². The van der Waals surface area contributed by atoms with Gasteiger partial charge in [-0.1, -0.05) is 17.7 Å². The zero-order valence-electron chi connectivity index (χ0n) is 21.0. The van der Waals surface area contributed by atoms with Crippen LogP contribution in [0.1, 0.15) is 0 Å². The molecule has 37 heavy (non-hydrogen) atoms. The number of hydrogen-bond acceptors (Lipinski definition) is 6. The van der Waals surface area contributed by atoms with Gasteiger partial charge in [-0.2, -0.15) is 0 Å². The van der Waals surface area contributed by atoms with Gasteiger partial charge in [0.2, 0.25) is 5.88 Å². The van der Waals surface area contributed by atoms with Crippen LogP contribution in [-0.4, -0.2) is 64.3 Å². The summed E-state index contributed by atoms with van der Waals surface area (Å²) in [6.07, 6.45) is 3.52. The van der Waals surface area contributed by atoms with Gasteiger partial charge in [0.25, 0.3) is 0 Å². The van der Waals surface area contributed by atoms with Crippen molar-refractivity contribution in [3.05, 3.63) is 76.4 Å². The van der Waals surface area contributed by atoms with Gasteiger partial charge in [0.15, 0.2) is 0 Å². The first kappa shape index (κ1) is 23.5. The third-order valence-electron chi connectivity index (χ3n) is 7.20. The lowest BCUT2D eigenvalue weighted by Crippen LogP contribution is -2.44. The lowest BCUT2D eigenvalue weighted by atomic mass is 10.0. The van der Waals surface area contributed by atoms with Crippen molar-refractivity contribution in [1.82, 2.24) is 24.0 Å². The molecular formula is C28H27ClN6O2. The van der Waals surface area contributed by atoms with Crippen LogP contribution in [0.5, 0.6) is 5.88 Å². The summed E-state index contributed by atoms with van der Waals surface area (Å²) in [6, 6.07) is 15.8. The average molecular weight is 515 g/mol. The molecule has 0 bridgehead atoms. The predicted octanol–water partition coefficient (Wildman–Crippen LogP) is 4.35. The molecule has 0 atom stereocenters. The summed E-state index contributed by atoms with van der Waals surface area (Å²) in [5, 5.41) is 1.40. The van der Waals surface area contributed by atoms with Gasteiger partial charge in [-0.15, -0.1) is 0 Å². The van der Waals surface area contributed by atoms with Crippen molar-refractivity contribution in [2.75, 3.05) is 45.2 Å². The third kappa shape index (κ3) is 4.02. The Bertz CT molecular complexity index is 1680. The van der Waals surface area contributed by atoms with Crippen molar-refractivity contribution in [3.63, 3.8) is 0 Å². The standard InChI is InChI=1S/C28H27ClN6O2/c1-32-10-12-34(13-11-32)20-6-8-24(22(29)15-20)35-27-21-14-18(19-5-9-26(37-3)31-16-19)4-7-23(21)30-17-25(27)33(2)28(35)36/h4-9,14-17H,10-13H2,1-3H3. The highest BCUT2D eigenvalue weighted by Gasteiger charge is 2.20. The van der Waals surface area contributed by atoms with Gasteiger partial charge in [0.1, 0.15) is 0 Å². The first-order valence-electron chi connectivity index (χ1n) is 12.2. The highest BCUT2D eigenvalue weighted by Crippen LogP contribution is 2.33. The fourth-order valence-corrected chi connectivity index (χ4v) is 5.27. The molecule has 0 N–H and O–H groups in total. The van der Waals surface area contributed by atoms with E-state index in [1.807, 2.05) is 36.4 Å². The number of likely N-dealkylation sites (N-methyl/N-ethyl adjacent to an activating group) is 1. The molecule has 1 fully saturated rings. The summed E-state index contributed by atoms with van der Waals surface area (Å²) in [6.45, 7) is 3.90. The highest BCUT2D eigenvalue weighted by atomic mass is 35.5. The molecule has 1 aliphatic heterocycles. The minimum atomic E-state index is -0.171. The molecule has 0 unspecified atom stereocenters. The number of aryl methyl sites for hydroxylation is 1. The molecule has 8 nitrogen and oxygen atoms in total. The van der Waals surface area contributed by atoms with E-state index in [-0.39, 0.29) is 5.69 Å². The molecule has 188 valence electrons. The first-order valence-corrected chi connectivity index (χ1v) is 12.6. The van der Waals surface area contributed by atoms with Gasteiger partial charge < -0.3 is 14.5 Å². The fraction of sp³-hybridized carbons (Fsp3) is 0.250. The number of hydrogen-bond donors (Lipinski definition) is 0.